The summed E-state index contributed by atoms with van der Waals surface area (Å²) in [7, 11) is -6.20. The Hall–Kier alpha value is 0.620. The molecule has 0 bridgehead atoms. The van der Waals surface area contributed by atoms with Crippen LogP contribution >= 0.6 is 39.7 Å². The van der Waals surface area contributed by atoms with E-state index in [1.54, 1.807) is 0 Å². The van der Waals surface area contributed by atoms with E-state index in [0.29, 0.717) is 0 Å². The highest BCUT2D eigenvalue weighted by Gasteiger charge is 2.32. The summed E-state index contributed by atoms with van der Waals surface area (Å²) in [5.74, 6) is 0. The van der Waals surface area contributed by atoms with Gasteiger partial charge in [-0.1, -0.05) is 0 Å². The van der Waals surface area contributed by atoms with Crippen molar-refractivity contribution in [1.82, 2.24) is 0 Å². The smallest absolute Gasteiger partial charge is 0.298 e. The van der Waals surface area contributed by atoms with Gasteiger partial charge in [-0.2, -0.15) is 0 Å². The molecule has 11 heavy (non-hydrogen) atoms. The van der Waals surface area contributed by atoms with Crippen molar-refractivity contribution in [3.05, 3.63) is 0 Å². The number of rotatable bonds is 4. The second-order valence-electron chi connectivity index (χ2n) is 1.12. The van der Waals surface area contributed by atoms with Crippen molar-refractivity contribution in [1.29, 1.82) is 0 Å². The van der Waals surface area contributed by atoms with Gasteiger partial charge in [0.15, 0.2) is 0 Å². The maximum absolute atomic E-state index is 9.90. The molecule has 0 aliphatic heterocycles. The average Bonchev–Trinajstić information content (AvgIpc) is 1.53. The molecule has 2 N–H and O–H groups in total. The predicted octanol–water partition coefficient (Wildman–Crippen LogP) is 1.41. The SMILES string of the molecule is O=[P](O)OC(Cl)(Cl)O[P](=O)O. The molecule has 6 nitrogen and oxygen atoms in total. The Morgan fingerprint density at radius 3 is 1.55 bits per heavy atom. The van der Waals surface area contributed by atoms with Crippen molar-refractivity contribution in [2.75, 3.05) is 0 Å². The lowest BCUT2D eigenvalue weighted by Crippen LogP contribution is -2.14. The first-order chi connectivity index (χ1) is 4.83. The first kappa shape index (κ1) is 11.6. The Morgan fingerprint density at radius 1 is 1.09 bits per heavy atom. The van der Waals surface area contributed by atoms with Gasteiger partial charge in [-0.25, -0.2) is 18.2 Å². The second kappa shape index (κ2) is 4.60. The molecule has 2 atom stereocenters. The lowest BCUT2D eigenvalue weighted by Gasteiger charge is -2.12. The second-order valence-corrected chi connectivity index (χ2v) is 3.63. The van der Waals surface area contributed by atoms with E-state index >= 15 is 0 Å². The lowest BCUT2D eigenvalue weighted by atomic mass is 11.5. The first-order valence-corrected chi connectivity index (χ1v) is 4.93. The standard InChI is InChI=1S/CH2Cl2O6P2/c2-1(3,8-10(4)5)9-11(6)7/h(H,4,5)(H,6,7). The number of halogens is 2. The fraction of sp³-hybridized carbons (Fsp3) is 1.00. The van der Waals surface area contributed by atoms with Crippen molar-refractivity contribution in [2.24, 2.45) is 0 Å². The van der Waals surface area contributed by atoms with Gasteiger partial charge >= 0.3 is 21.2 Å². The molecular weight excluding hydrogens is 241 g/mol. The van der Waals surface area contributed by atoms with Gasteiger partial charge in [-0.15, -0.1) is 0 Å². The average molecular weight is 243 g/mol. The van der Waals surface area contributed by atoms with Crippen LogP contribution in [-0.2, 0) is 18.2 Å². The molecular formula is CH2Cl2O6P2. The van der Waals surface area contributed by atoms with Crippen molar-refractivity contribution >= 4 is 39.7 Å². The van der Waals surface area contributed by atoms with Crippen molar-refractivity contribution in [2.45, 2.75) is 4.71 Å². The van der Waals surface area contributed by atoms with E-state index in [4.69, 9.17) is 33.0 Å². The zero-order chi connectivity index (χ0) is 9.07. The summed E-state index contributed by atoms with van der Waals surface area (Å²) in [4.78, 5) is 16.1. The lowest BCUT2D eigenvalue weighted by molar-refractivity contribution is 0.0328. The van der Waals surface area contributed by atoms with Crippen LogP contribution in [0.3, 0.4) is 0 Å². The Bertz CT molecular complexity index is 161. The highest BCUT2D eigenvalue weighted by Crippen LogP contribution is 2.40. The monoisotopic (exact) mass is 242 g/mol. The molecule has 0 aromatic heterocycles. The molecule has 0 saturated heterocycles. The third-order valence-electron chi connectivity index (χ3n) is 0.369. The summed E-state index contributed by atoms with van der Waals surface area (Å²) in [6.45, 7) is 0. The zero-order valence-corrected chi connectivity index (χ0v) is 7.98. The molecule has 0 fully saturated rings. The van der Waals surface area contributed by atoms with Crippen LogP contribution in [0, 0.1) is 0 Å². The van der Waals surface area contributed by atoms with Crippen molar-refractivity contribution < 1.29 is 28.0 Å². The Balaban J connectivity index is 3.99. The summed E-state index contributed by atoms with van der Waals surface area (Å²) in [6, 6.07) is 0. The topological polar surface area (TPSA) is 93.1 Å². The van der Waals surface area contributed by atoms with Gasteiger partial charge in [-0.05, 0) is 23.2 Å². The van der Waals surface area contributed by atoms with E-state index in [0.717, 1.165) is 0 Å². The van der Waals surface area contributed by atoms with Crippen LogP contribution in [-0.4, -0.2) is 14.5 Å². The normalized spacial score (nSPS) is 14.5. The van der Waals surface area contributed by atoms with Gasteiger partial charge in [0.1, 0.15) is 0 Å². The molecule has 0 amide bonds. The minimum absolute atomic E-state index is 2.58. The molecule has 0 aliphatic rings. The number of hydrogen-bond acceptors (Lipinski definition) is 4. The quantitative estimate of drug-likeness (QED) is 0.440. The maximum Gasteiger partial charge on any atom is 0.370 e. The molecule has 0 aromatic rings. The third kappa shape index (κ3) is 7.00. The Kier molecular flexibility index (Phi) is 4.86. The third-order valence-corrected chi connectivity index (χ3v) is 1.93. The van der Waals surface area contributed by atoms with Gasteiger partial charge < -0.3 is 0 Å². The van der Waals surface area contributed by atoms with Crippen LogP contribution in [0.1, 0.15) is 0 Å². The van der Waals surface area contributed by atoms with Crippen LogP contribution in [0.4, 0.5) is 0 Å². The fourth-order valence-corrected chi connectivity index (χ4v) is 1.40. The van der Waals surface area contributed by atoms with Crippen LogP contribution in [0.15, 0.2) is 0 Å². The fourth-order valence-electron chi connectivity index (χ4n) is 0.198. The van der Waals surface area contributed by atoms with Gasteiger partial charge in [-0.3, -0.25) is 9.79 Å². The highest BCUT2D eigenvalue weighted by atomic mass is 35.5. The Morgan fingerprint density at radius 2 is 1.36 bits per heavy atom. The molecule has 0 rings (SSSR count). The summed E-state index contributed by atoms with van der Waals surface area (Å²) in [6.07, 6.45) is 0. The number of hydrogen-bond donors (Lipinski definition) is 2. The molecule has 2 unspecified atom stereocenters. The van der Waals surface area contributed by atoms with Crippen LogP contribution < -0.4 is 0 Å². The van der Waals surface area contributed by atoms with E-state index in [1.807, 2.05) is 0 Å². The van der Waals surface area contributed by atoms with E-state index in [1.165, 1.54) is 0 Å². The van der Waals surface area contributed by atoms with E-state index in [9.17, 15) is 9.13 Å². The molecule has 66 valence electrons. The Labute approximate surface area is 72.9 Å². The summed E-state index contributed by atoms with van der Waals surface area (Å²) >= 11 is 9.92. The molecule has 0 heterocycles. The molecule has 2 radical (unpaired) electrons. The summed E-state index contributed by atoms with van der Waals surface area (Å²) in [5.41, 5.74) is 0. The van der Waals surface area contributed by atoms with E-state index < -0.39 is 21.2 Å². The van der Waals surface area contributed by atoms with Gasteiger partial charge in [0.05, 0.1) is 0 Å². The highest BCUT2D eigenvalue weighted by molar-refractivity contribution is 7.33. The first-order valence-electron chi connectivity index (χ1n) is 1.92. The molecule has 0 aromatic carbocycles. The van der Waals surface area contributed by atoms with E-state index in [2.05, 4.69) is 9.05 Å². The van der Waals surface area contributed by atoms with Crippen molar-refractivity contribution in [3.63, 3.8) is 0 Å². The van der Waals surface area contributed by atoms with Crippen LogP contribution in [0.5, 0.6) is 0 Å². The van der Waals surface area contributed by atoms with E-state index in [-0.39, 0.29) is 0 Å². The molecule has 0 spiro atoms. The van der Waals surface area contributed by atoms with Gasteiger partial charge in [0.2, 0.25) is 0 Å². The molecule has 0 saturated carbocycles. The largest absolute Gasteiger partial charge is 0.370 e. The maximum atomic E-state index is 9.90. The minimum atomic E-state index is -3.10. The predicted molar refractivity (Wildman–Crippen MR) is 36.3 cm³/mol. The van der Waals surface area contributed by atoms with Gasteiger partial charge in [0.25, 0.3) is 0 Å². The van der Waals surface area contributed by atoms with Crippen LogP contribution in [0.2, 0.25) is 0 Å². The number of alkyl halides is 2. The summed E-state index contributed by atoms with van der Waals surface area (Å²) < 4.78 is 24.8. The summed E-state index contributed by atoms with van der Waals surface area (Å²) in [5, 5.41) is 0. The minimum Gasteiger partial charge on any atom is -0.298 e. The molecule has 10 heteroatoms. The van der Waals surface area contributed by atoms with Crippen LogP contribution in [0.25, 0.3) is 0 Å². The zero-order valence-electron chi connectivity index (χ0n) is 4.68. The van der Waals surface area contributed by atoms with Crippen molar-refractivity contribution in [3.8, 4) is 0 Å². The van der Waals surface area contributed by atoms with Gasteiger partial charge in [0, 0.05) is 0 Å². The molecule has 0 aliphatic carbocycles.